The molecule has 2 aromatic heterocycles. The summed E-state index contributed by atoms with van der Waals surface area (Å²) >= 11 is 1.43. The lowest BCUT2D eigenvalue weighted by Gasteiger charge is -2.34. The minimum Gasteiger partial charge on any atom is -0.356 e. The van der Waals surface area contributed by atoms with E-state index in [-0.39, 0.29) is 17.0 Å². The average Bonchev–Trinajstić information content (AvgIpc) is 3.03. The minimum absolute atomic E-state index is 0.0686. The van der Waals surface area contributed by atoms with Gasteiger partial charge in [-0.25, -0.2) is 4.98 Å². The Balaban J connectivity index is 1.93. The average molecular weight is 356 g/mol. The maximum absolute atomic E-state index is 12.2. The lowest BCUT2D eigenvalue weighted by molar-refractivity contribution is 0.423. The number of aromatic nitrogens is 3. The zero-order chi connectivity index (χ0) is 18.0. The molecule has 3 rings (SSSR count). The van der Waals surface area contributed by atoms with Crippen molar-refractivity contribution in [3.63, 3.8) is 0 Å². The number of fused-ring (bicyclic) bond motifs is 1. The number of rotatable bonds is 6. The van der Waals surface area contributed by atoms with Gasteiger partial charge in [-0.15, -0.1) is 5.10 Å². The fraction of sp³-hybridized carbons (Fsp3) is 0.421. The van der Waals surface area contributed by atoms with Gasteiger partial charge in [-0.05, 0) is 18.4 Å². The third kappa shape index (κ3) is 3.44. The molecule has 132 valence electrons. The fourth-order valence-corrected chi connectivity index (χ4v) is 3.98. The molecule has 0 bridgehead atoms. The number of nitrogens with one attached hydrogen (secondary N) is 1. The van der Waals surface area contributed by atoms with E-state index in [1.807, 2.05) is 13.0 Å². The maximum Gasteiger partial charge on any atom is 0.275 e. The van der Waals surface area contributed by atoms with Gasteiger partial charge < -0.3 is 5.32 Å². The van der Waals surface area contributed by atoms with Crippen molar-refractivity contribution in [2.24, 2.45) is 0 Å². The van der Waals surface area contributed by atoms with E-state index < -0.39 is 0 Å². The summed E-state index contributed by atoms with van der Waals surface area (Å²) in [5.74, 6) is 0. The van der Waals surface area contributed by atoms with Crippen LogP contribution >= 0.6 is 11.3 Å². The molecule has 2 heterocycles. The molecule has 0 fully saturated rings. The van der Waals surface area contributed by atoms with Gasteiger partial charge in [0.25, 0.3) is 5.56 Å². The standard InChI is InChI=1S/C19H24N4OS/c1-5-14-12-16(24)23-18(20-14)25-17(22-23)21-15(6-2)19(3,4)13-10-8-7-9-11-13/h7-12,15H,5-6H2,1-4H3,(H,21,22). The van der Waals surface area contributed by atoms with Crippen molar-refractivity contribution in [2.45, 2.75) is 52.0 Å². The van der Waals surface area contributed by atoms with E-state index in [9.17, 15) is 4.79 Å². The van der Waals surface area contributed by atoms with Gasteiger partial charge in [-0.3, -0.25) is 4.79 Å². The Morgan fingerprint density at radius 2 is 1.96 bits per heavy atom. The predicted molar refractivity (Wildman–Crippen MR) is 104 cm³/mol. The largest absolute Gasteiger partial charge is 0.356 e. The Morgan fingerprint density at radius 1 is 1.24 bits per heavy atom. The molecule has 0 spiro atoms. The second kappa shape index (κ2) is 6.96. The Bertz CT molecular complexity index is 914. The van der Waals surface area contributed by atoms with Crippen molar-refractivity contribution >= 4 is 21.4 Å². The number of anilines is 1. The van der Waals surface area contributed by atoms with Crippen LogP contribution in [0.2, 0.25) is 0 Å². The fourth-order valence-electron chi connectivity index (χ4n) is 3.11. The third-order valence-corrected chi connectivity index (χ3v) is 5.59. The highest BCUT2D eigenvalue weighted by Gasteiger charge is 2.30. The molecular formula is C19H24N4OS. The number of nitrogens with zero attached hydrogens (tertiary/aromatic N) is 3. The normalized spacial score (nSPS) is 13.1. The number of aryl methyl sites for hydroxylation is 1. The Morgan fingerprint density at radius 3 is 2.60 bits per heavy atom. The molecule has 0 amide bonds. The van der Waals surface area contributed by atoms with E-state index in [0.717, 1.165) is 23.7 Å². The second-order valence-electron chi connectivity index (χ2n) is 6.73. The molecule has 3 aromatic rings. The van der Waals surface area contributed by atoms with Gasteiger partial charge >= 0.3 is 0 Å². The summed E-state index contributed by atoms with van der Waals surface area (Å²) in [7, 11) is 0. The molecule has 0 radical (unpaired) electrons. The van der Waals surface area contributed by atoms with Crippen molar-refractivity contribution in [2.75, 3.05) is 5.32 Å². The summed E-state index contributed by atoms with van der Waals surface area (Å²) in [6.45, 7) is 8.62. The Kier molecular flexibility index (Phi) is 4.90. The van der Waals surface area contributed by atoms with E-state index in [4.69, 9.17) is 0 Å². The maximum atomic E-state index is 12.2. The molecule has 1 atom stereocenters. The SMILES string of the molecule is CCc1cc(=O)n2nc(NC(CC)C(C)(C)c3ccccc3)sc2n1. The molecule has 0 aliphatic carbocycles. The topological polar surface area (TPSA) is 59.3 Å². The Hall–Kier alpha value is -2.21. The van der Waals surface area contributed by atoms with E-state index in [1.165, 1.54) is 21.4 Å². The van der Waals surface area contributed by atoms with Crippen LogP contribution in [-0.4, -0.2) is 20.6 Å². The van der Waals surface area contributed by atoms with Crippen LogP contribution < -0.4 is 10.9 Å². The highest BCUT2D eigenvalue weighted by molar-refractivity contribution is 7.20. The summed E-state index contributed by atoms with van der Waals surface area (Å²) in [6.07, 6.45) is 1.69. The van der Waals surface area contributed by atoms with Crippen LogP contribution in [0.15, 0.2) is 41.2 Å². The highest BCUT2D eigenvalue weighted by Crippen LogP contribution is 2.31. The van der Waals surface area contributed by atoms with Crippen LogP contribution in [-0.2, 0) is 11.8 Å². The zero-order valence-corrected chi connectivity index (χ0v) is 15.9. The number of benzene rings is 1. The van der Waals surface area contributed by atoms with Gasteiger partial charge in [0.1, 0.15) is 0 Å². The first kappa shape index (κ1) is 17.6. The molecule has 0 saturated carbocycles. The summed E-state index contributed by atoms with van der Waals surface area (Å²) in [6, 6.07) is 12.2. The second-order valence-corrected chi connectivity index (χ2v) is 7.69. The molecule has 1 aromatic carbocycles. The van der Waals surface area contributed by atoms with Gasteiger partial charge in [0.2, 0.25) is 10.1 Å². The lowest BCUT2D eigenvalue weighted by Crippen LogP contribution is -2.39. The van der Waals surface area contributed by atoms with Crippen LogP contribution in [0.5, 0.6) is 0 Å². The monoisotopic (exact) mass is 356 g/mol. The summed E-state index contributed by atoms with van der Waals surface area (Å²) in [5, 5.41) is 8.69. The summed E-state index contributed by atoms with van der Waals surface area (Å²) in [5.41, 5.74) is 1.89. The van der Waals surface area contributed by atoms with Gasteiger partial charge in [-0.2, -0.15) is 4.52 Å². The summed E-state index contributed by atoms with van der Waals surface area (Å²) in [4.78, 5) is 17.3. The van der Waals surface area contributed by atoms with Gasteiger partial charge in [0.15, 0.2) is 0 Å². The first-order valence-electron chi connectivity index (χ1n) is 8.67. The van der Waals surface area contributed by atoms with Gasteiger partial charge in [0, 0.05) is 23.2 Å². The van der Waals surface area contributed by atoms with E-state index in [0.29, 0.717) is 4.96 Å². The van der Waals surface area contributed by atoms with Crippen molar-refractivity contribution < 1.29 is 0 Å². The van der Waals surface area contributed by atoms with E-state index in [1.54, 1.807) is 6.07 Å². The van der Waals surface area contributed by atoms with Crippen molar-refractivity contribution in [1.82, 2.24) is 14.6 Å². The Labute approximate surface area is 151 Å². The van der Waals surface area contributed by atoms with Crippen LogP contribution in [0.1, 0.15) is 45.4 Å². The quantitative estimate of drug-likeness (QED) is 0.728. The predicted octanol–water partition coefficient (Wildman–Crippen LogP) is 3.88. The zero-order valence-electron chi connectivity index (χ0n) is 15.1. The molecule has 1 N–H and O–H groups in total. The van der Waals surface area contributed by atoms with Crippen LogP contribution in [0.3, 0.4) is 0 Å². The van der Waals surface area contributed by atoms with Crippen molar-refractivity contribution in [3.8, 4) is 0 Å². The summed E-state index contributed by atoms with van der Waals surface area (Å²) < 4.78 is 1.38. The molecular weight excluding hydrogens is 332 g/mol. The van der Waals surface area contributed by atoms with Gasteiger partial charge in [0.05, 0.1) is 0 Å². The molecule has 0 saturated heterocycles. The molecule has 6 heteroatoms. The first-order valence-corrected chi connectivity index (χ1v) is 9.49. The third-order valence-electron chi connectivity index (χ3n) is 4.76. The lowest BCUT2D eigenvalue weighted by atomic mass is 9.77. The number of hydrogen-bond acceptors (Lipinski definition) is 5. The minimum atomic E-state index is -0.124. The molecule has 5 nitrogen and oxygen atoms in total. The van der Waals surface area contributed by atoms with E-state index in [2.05, 4.69) is 60.4 Å². The molecule has 0 aliphatic heterocycles. The number of hydrogen-bond donors (Lipinski definition) is 1. The van der Waals surface area contributed by atoms with Crippen molar-refractivity contribution in [1.29, 1.82) is 0 Å². The van der Waals surface area contributed by atoms with Crippen LogP contribution in [0, 0.1) is 0 Å². The van der Waals surface area contributed by atoms with Crippen LogP contribution in [0.4, 0.5) is 5.13 Å². The molecule has 25 heavy (non-hydrogen) atoms. The van der Waals surface area contributed by atoms with E-state index >= 15 is 0 Å². The first-order chi connectivity index (χ1) is 12.0. The highest BCUT2D eigenvalue weighted by atomic mass is 32.1. The smallest absolute Gasteiger partial charge is 0.275 e. The van der Waals surface area contributed by atoms with Gasteiger partial charge in [-0.1, -0.05) is 69.4 Å². The van der Waals surface area contributed by atoms with Crippen molar-refractivity contribution in [3.05, 3.63) is 58.0 Å². The molecule has 0 aliphatic rings. The van der Waals surface area contributed by atoms with Crippen LogP contribution in [0.25, 0.3) is 4.96 Å². The molecule has 1 unspecified atom stereocenters.